The number of nitrogens with zero attached hydrogens (tertiary/aromatic N) is 15. The second-order valence-electron chi connectivity index (χ2n) is 30.3. The van der Waals surface area contributed by atoms with Crippen LogP contribution in [-0.4, -0.2) is 133 Å². The second-order valence-corrected chi connectivity index (χ2v) is 41.7. The van der Waals surface area contributed by atoms with Gasteiger partial charge in [0.05, 0.1) is 86.7 Å². The van der Waals surface area contributed by atoms with Crippen molar-refractivity contribution >= 4 is 73.7 Å². The lowest BCUT2D eigenvalue weighted by molar-refractivity contribution is 0.150. The summed E-state index contributed by atoms with van der Waals surface area (Å²) in [6.45, 7) is 28.3. The van der Waals surface area contributed by atoms with Crippen LogP contribution in [0, 0.1) is 0 Å². The molecule has 25 nitrogen and oxygen atoms in total. The Bertz CT molecular complexity index is 5270. The lowest BCUT2D eigenvalue weighted by Gasteiger charge is -2.43. The highest BCUT2D eigenvalue weighted by Gasteiger charge is 2.43. The van der Waals surface area contributed by atoms with E-state index in [1.807, 2.05) is 157 Å². The summed E-state index contributed by atoms with van der Waals surface area (Å²) in [5, 5.41) is 17.0. The first-order valence-electron chi connectivity index (χ1n) is 36.1. The molecule has 3 N–H and O–H groups in total. The van der Waals surface area contributed by atoms with Gasteiger partial charge >= 0.3 is 0 Å². The fourth-order valence-electron chi connectivity index (χ4n) is 12.3. The lowest BCUT2D eigenvalue weighted by atomic mass is 10.1. The molecule has 0 bridgehead atoms. The van der Waals surface area contributed by atoms with Gasteiger partial charge in [0.25, 0.3) is 16.7 Å². The number of sulfone groups is 1. The number of β-amino-alcohol motifs (C(OH)–C–C–N with tert-alkyl or cyclic N) is 1. The molecule has 0 saturated heterocycles. The Morgan fingerprint density at radius 1 is 0.435 bits per heavy atom. The maximum absolute atomic E-state index is 13.5. The molecule has 0 amide bonds. The van der Waals surface area contributed by atoms with Crippen LogP contribution in [0.2, 0.25) is 36.3 Å². The van der Waals surface area contributed by atoms with E-state index in [0.717, 1.165) is 34.1 Å². The third kappa shape index (κ3) is 17.9. The van der Waals surface area contributed by atoms with Gasteiger partial charge in [-0.3, -0.25) is 42.8 Å². The Morgan fingerprint density at radius 3 is 1.09 bits per heavy atom. The van der Waals surface area contributed by atoms with E-state index in [9.17, 15) is 27.9 Å². The number of anilines is 8. The van der Waals surface area contributed by atoms with Crippen LogP contribution in [-0.2, 0) is 38.3 Å². The Balaban J connectivity index is 0.000000152. The number of aromatic nitrogens is 12. The fraction of sp³-hybridized carbons (Fsp3) is 0.325. The molecule has 28 heteroatoms. The van der Waals surface area contributed by atoms with Crippen LogP contribution < -0.4 is 42.0 Å². The zero-order chi connectivity index (χ0) is 76.9. The van der Waals surface area contributed by atoms with Crippen LogP contribution in [0.4, 0.5) is 47.2 Å². The molecule has 0 radical (unpaired) electrons. The molecule has 0 spiro atoms. The monoisotopic (exact) mass is 1510 g/mol. The van der Waals surface area contributed by atoms with Crippen LogP contribution in [0.15, 0.2) is 226 Å². The molecule has 5 atom stereocenters. The number of hydrogen-bond donors (Lipinski definition) is 3. The fourth-order valence-corrected chi connectivity index (χ4v) is 15.5. The summed E-state index contributed by atoms with van der Waals surface area (Å²) in [4.78, 5) is 86.4. The van der Waals surface area contributed by atoms with Gasteiger partial charge in [-0.2, -0.15) is 9.97 Å². The molecule has 14 rings (SSSR count). The summed E-state index contributed by atoms with van der Waals surface area (Å²) in [6, 6.07) is 58.9. The molecular weight excluding hydrogens is 1420 g/mol. The summed E-state index contributed by atoms with van der Waals surface area (Å²) in [5.74, 6) is 3.92. The minimum atomic E-state index is -3.62. The molecular formula is C80H93N17O8SSi2. The average Bonchev–Trinajstić information content (AvgIpc) is 0.768. The predicted molar refractivity (Wildman–Crippen MR) is 429 cm³/mol. The van der Waals surface area contributed by atoms with Crippen LogP contribution >= 0.6 is 0 Å². The smallest absolute Gasteiger partial charge is 0.255 e. The van der Waals surface area contributed by atoms with E-state index in [4.69, 9.17) is 28.8 Å². The highest BCUT2D eigenvalue weighted by molar-refractivity contribution is 7.90. The Hall–Kier alpha value is -10.8. The van der Waals surface area contributed by atoms with Gasteiger partial charge in [0.2, 0.25) is 44.7 Å². The Labute approximate surface area is 631 Å². The molecule has 0 saturated carbocycles. The van der Waals surface area contributed by atoms with Crippen molar-refractivity contribution < 1.29 is 22.4 Å². The third-order valence-corrected chi connectivity index (χ3v) is 30.0. The van der Waals surface area contributed by atoms with E-state index >= 15 is 0 Å². The largest absolute Gasteiger partial charge is 0.410 e. The molecule has 5 aromatic carbocycles. The lowest BCUT2D eigenvalue weighted by Crippen LogP contribution is -2.52. The second kappa shape index (κ2) is 32.0. The van der Waals surface area contributed by atoms with Gasteiger partial charge in [0.15, 0.2) is 16.6 Å². The van der Waals surface area contributed by atoms with Crippen LogP contribution in [0.5, 0.6) is 0 Å². The first-order valence-corrected chi connectivity index (χ1v) is 43.8. The SMILES string of the molecule is CC(C)(C)[Si](C)(C)OC1CN(c2ccnc(S(C)(=O)=O)n2)c2nc(-c3ccccc3)cc(=O)n2C1.C[C@H](Nc1nccc(N2CC(O)Cn3c2nc(-c2ccccc2)cc3=O)n1)c1ccccc1.C[C@H](Nc1nccc(N2CC(O[Si](C)(C)C(C)(C)C)Cn3c2nc(-c2ccccc2)cc3=O)n1)c1ccccc1. The van der Waals surface area contributed by atoms with Gasteiger partial charge in [-0.1, -0.05) is 193 Å². The Kier molecular flexibility index (Phi) is 22.8. The number of benzene rings is 5. The maximum atomic E-state index is 13.5. The number of nitrogens with one attached hydrogen (secondary N) is 2. The standard InChI is InChI=1S/C31H38N6O2Si.C25H24N6O2.C24H31N5O4SSi/c1-22(23-13-9-7-10-14-23)33-29-32-18-17-27(35-29)36-20-25(39-40(5,6)31(2,3)4)21-37-28(38)19-26(34-30(36)37)24-15-11-8-12-16-24;1-17(18-8-4-2-5-9-18)27-24-26-13-12-22(29-24)30-15-20(32)16-31-23(33)14-21(28-25(30)31)19-10-6-3-7-11-19;1-24(2,3)35(5,6)33-18-15-28(20-12-13-25-22(27-20)34(4,31)32)23-26-19(14-21(30)29(23)16-18)17-10-8-7-9-11-17/h7-19,22,25H,20-21H2,1-6H3,(H,32,33,35);2-14,17,20,32H,15-16H2,1H3,(H,26,27,29);7-14,18H,15-16H2,1-6H3/t22-,25?;17-,20?;/m00./s1. The summed E-state index contributed by atoms with van der Waals surface area (Å²) >= 11 is 0. The van der Waals surface area contributed by atoms with Gasteiger partial charge < -0.3 is 24.6 Å². The summed E-state index contributed by atoms with van der Waals surface area (Å²) in [7, 11) is -7.88. The van der Waals surface area contributed by atoms with E-state index in [0.29, 0.717) is 90.5 Å². The van der Waals surface area contributed by atoms with Gasteiger partial charge in [-0.25, -0.2) is 43.3 Å². The van der Waals surface area contributed by atoms with Crippen LogP contribution in [0.1, 0.15) is 78.6 Å². The highest BCUT2D eigenvalue weighted by Crippen LogP contribution is 2.41. The van der Waals surface area contributed by atoms with Crippen LogP contribution in [0.3, 0.4) is 0 Å². The van der Waals surface area contributed by atoms with Gasteiger partial charge in [0.1, 0.15) is 17.5 Å². The number of fused-ring (bicyclic) bond motifs is 3. The summed E-state index contributed by atoms with van der Waals surface area (Å²) in [5.41, 5.74) is 6.04. The summed E-state index contributed by atoms with van der Waals surface area (Å²) in [6.07, 6.45) is 4.65. The first kappa shape index (κ1) is 76.9. The van der Waals surface area contributed by atoms with Crippen molar-refractivity contribution in [1.82, 2.24) is 58.6 Å². The number of rotatable bonds is 17. The van der Waals surface area contributed by atoms with Crippen molar-refractivity contribution in [3.8, 4) is 33.8 Å². The van der Waals surface area contributed by atoms with E-state index in [1.165, 1.54) is 22.9 Å². The maximum Gasteiger partial charge on any atom is 0.255 e. The molecule has 3 unspecified atom stereocenters. The quantitative estimate of drug-likeness (QED) is 0.0564. The number of aliphatic hydroxyl groups is 1. The summed E-state index contributed by atoms with van der Waals surface area (Å²) < 4.78 is 42.5. The Morgan fingerprint density at radius 2 is 0.750 bits per heavy atom. The molecule has 9 heterocycles. The molecule has 3 aliphatic heterocycles. The molecule has 108 heavy (non-hydrogen) atoms. The van der Waals surface area contributed by atoms with Crippen molar-refractivity contribution in [2.75, 3.05) is 51.2 Å². The van der Waals surface area contributed by atoms with E-state index in [1.54, 1.807) is 49.5 Å². The van der Waals surface area contributed by atoms with Gasteiger partial charge in [-0.15, -0.1) is 0 Å². The predicted octanol–water partition coefficient (Wildman–Crippen LogP) is 13.4. The van der Waals surface area contributed by atoms with E-state index < -0.39 is 32.6 Å². The molecule has 11 aromatic rings. The molecule has 0 fully saturated rings. The van der Waals surface area contributed by atoms with Crippen molar-refractivity contribution in [2.45, 2.75) is 147 Å². The zero-order valence-corrected chi connectivity index (χ0v) is 66.0. The van der Waals surface area contributed by atoms with Crippen molar-refractivity contribution in [2.24, 2.45) is 0 Å². The molecule has 6 aromatic heterocycles. The average molecular weight is 1510 g/mol. The topological polar surface area (TPSA) is 289 Å². The molecule has 560 valence electrons. The molecule has 3 aliphatic rings. The van der Waals surface area contributed by atoms with Crippen molar-refractivity contribution in [1.29, 1.82) is 0 Å². The third-order valence-electron chi connectivity index (χ3n) is 20.1. The normalized spacial score (nSPS) is 16.4. The van der Waals surface area contributed by atoms with Gasteiger partial charge in [-0.05, 0) is 79.4 Å². The minimum Gasteiger partial charge on any atom is -0.410 e. The van der Waals surface area contributed by atoms with Crippen molar-refractivity contribution in [3.63, 3.8) is 0 Å². The van der Waals surface area contributed by atoms with Crippen LogP contribution in [0.25, 0.3) is 33.8 Å². The zero-order valence-electron chi connectivity index (χ0n) is 63.2. The first-order chi connectivity index (χ1) is 51.4. The highest BCUT2D eigenvalue weighted by atomic mass is 32.2. The van der Waals surface area contributed by atoms with Crippen molar-refractivity contribution in [3.05, 3.63) is 249 Å². The number of hydrogen-bond acceptors (Lipinski definition) is 22. The minimum absolute atomic E-state index is 0.00566. The van der Waals surface area contributed by atoms with E-state index in [2.05, 4.69) is 122 Å². The van der Waals surface area contributed by atoms with Gasteiger partial charge in [0, 0.05) is 59.7 Å². The number of aliphatic hydroxyl groups excluding tert-OH is 1. The van der Waals surface area contributed by atoms with E-state index in [-0.39, 0.29) is 69.3 Å². The molecule has 0 aliphatic carbocycles.